The molecule has 28 heavy (non-hydrogen) atoms. The van der Waals surface area contributed by atoms with Crippen LogP contribution in [0.25, 0.3) is 0 Å². The molecule has 0 bridgehead atoms. The maximum atomic E-state index is 12.6. The van der Waals surface area contributed by atoms with Gasteiger partial charge in [0.25, 0.3) is 5.91 Å². The highest BCUT2D eigenvalue weighted by atomic mass is 16.2. The molecule has 3 rings (SSSR count). The van der Waals surface area contributed by atoms with E-state index in [9.17, 15) is 9.59 Å². The van der Waals surface area contributed by atoms with Gasteiger partial charge in [0.1, 0.15) is 17.8 Å². The van der Waals surface area contributed by atoms with Crippen molar-refractivity contribution in [1.29, 1.82) is 0 Å². The average Bonchev–Trinajstić information content (AvgIpc) is 2.68. The molecule has 0 spiro atoms. The number of benzene rings is 2. The normalized spacial score (nSPS) is 10.6. The lowest BCUT2D eigenvalue weighted by atomic mass is 10.0. The third kappa shape index (κ3) is 4.59. The van der Waals surface area contributed by atoms with Gasteiger partial charge in [-0.2, -0.15) is 0 Å². The van der Waals surface area contributed by atoms with Crippen molar-refractivity contribution in [2.24, 2.45) is 0 Å². The second-order valence-corrected chi connectivity index (χ2v) is 6.75. The van der Waals surface area contributed by atoms with E-state index >= 15 is 0 Å². The number of carbonyl (C=O) groups is 2. The smallest absolute Gasteiger partial charge is 0.274 e. The highest BCUT2D eigenvalue weighted by Crippen LogP contribution is 2.26. The van der Waals surface area contributed by atoms with Crippen LogP contribution in [0.3, 0.4) is 0 Å². The Balaban J connectivity index is 1.79. The van der Waals surface area contributed by atoms with E-state index in [0.29, 0.717) is 23.0 Å². The lowest BCUT2D eigenvalue weighted by Crippen LogP contribution is -2.14. The minimum atomic E-state index is -0.372. The third-order valence-corrected chi connectivity index (χ3v) is 4.27. The van der Waals surface area contributed by atoms with Crippen molar-refractivity contribution in [3.63, 3.8) is 0 Å². The van der Waals surface area contributed by atoms with E-state index in [1.807, 2.05) is 18.2 Å². The molecule has 0 unspecified atom stereocenters. The monoisotopic (exact) mass is 374 g/mol. The molecular formula is C22H22N4O2. The summed E-state index contributed by atoms with van der Waals surface area (Å²) in [6, 6.07) is 16.4. The summed E-state index contributed by atoms with van der Waals surface area (Å²) in [5.41, 5.74) is 3.40. The Morgan fingerprint density at radius 2 is 1.75 bits per heavy atom. The van der Waals surface area contributed by atoms with Crippen LogP contribution in [0, 0.1) is 0 Å². The van der Waals surface area contributed by atoms with Crippen LogP contribution >= 0.6 is 0 Å². The Hall–Kier alpha value is -3.54. The number of aromatic nitrogens is 2. The summed E-state index contributed by atoms with van der Waals surface area (Å²) in [4.78, 5) is 32.3. The number of hydrogen-bond acceptors (Lipinski definition) is 5. The van der Waals surface area contributed by atoms with E-state index in [-0.39, 0.29) is 17.4 Å². The Bertz CT molecular complexity index is 1010. The first kappa shape index (κ1) is 19.2. The highest BCUT2D eigenvalue weighted by molar-refractivity contribution is 6.04. The number of Topliss-reactive ketones (excluding diaryl/α,β-unsaturated/α-hetero) is 1. The first-order valence-electron chi connectivity index (χ1n) is 9.04. The van der Waals surface area contributed by atoms with Crippen LogP contribution in [0.1, 0.15) is 53.1 Å². The summed E-state index contributed by atoms with van der Waals surface area (Å²) in [6.45, 7) is 5.72. The van der Waals surface area contributed by atoms with Crippen LogP contribution < -0.4 is 10.6 Å². The first-order valence-corrected chi connectivity index (χ1v) is 9.04. The molecule has 0 fully saturated rings. The number of anilines is 3. The molecule has 0 aliphatic carbocycles. The molecule has 1 heterocycles. The summed E-state index contributed by atoms with van der Waals surface area (Å²) < 4.78 is 0. The zero-order valence-electron chi connectivity index (χ0n) is 16.1. The molecule has 2 aromatic carbocycles. The van der Waals surface area contributed by atoms with E-state index in [1.165, 1.54) is 13.3 Å². The fourth-order valence-electron chi connectivity index (χ4n) is 2.81. The van der Waals surface area contributed by atoms with Crippen molar-refractivity contribution in [1.82, 2.24) is 9.97 Å². The Morgan fingerprint density at radius 1 is 0.964 bits per heavy atom. The largest absolute Gasteiger partial charge is 0.340 e. The van der Waals surface area contributed by atoms with Crippen molar-refractivity contribution in [2.75, 3.05) is 10.6 Å². The van der Waals surface area contributed by atoms with E-state index in [4.69, 9.17) is 0 Å². The summed E-state index contributed by atoms with van der Waals surface area (Å²) in [6.07, 6.45) is 1.35. The molecule has 6 heteroatoms. The van der Waals surface area contributed by atoms with Gasteiger partial charge in [-0.3, -0.25) is 9.59 Å². The molecule has 0 atom stereocenters. The molecule has 0 saturated heterocycles. The second kappa shape index (κ2) is 8.43. The van der Waals surface area contributed by atoms with Gasteiger partial charge in [-0.1, -0.05) is 44.2 Å². The summed E-state index contributed by atoms with van der Waals surface area (Å²) >= 11 is 0. The Kier molecular flexibility index (Phi) is 5.79. The number of para-hydroxylation sites is 1. The maximum absolute atomic E-state index is 12.6. The van der Waals surface area contributed by atoms with Crippen LogP contribution in [0.4, 0.5) is 17.2 Å². The van der Waals surface area contributed by atoms with Gasteiger partial charge in [0.05, 0.1) is 0 Å². The molecular weight excluding hydrogens is 352 g/mol. The predicted octanol–water partition coefficient (Wildman–Crippen LogP) is 4.80. The lowest BCUT2D eigenvalue weighted by Gasteiger charge is -2.14. The van der Waals surface area contributed by atoms with Crippen molar-refractivity contribution in [3.05, 3.63) is 77.7 Å². The van der Waals surface area contributed by atoms with Crippen molar-refractivity contribution < 1.29 is 9.59 Å². The zero-order chi connectivity index (χ0) is 20.1. The molecule has 0 aliphatic rings. The molecule has 0 radical (unpaired) electrons. The molecule has 1 aromatic heterocycles. The first-order chi connectivity index (χ1) is 13.4. The van der Waals surface area contributed by atoms with Gasteiger partial charge < -0.3 is 10.6 Å². The van der Waals surface area contributed by atoms with E-state index in [0.717, 1.165) is 11.3 Å². The van der Waals surface area contributed by atoms with E-state index < -0.39 is 0 Å². The molecule has 6 nitrogen and oxygen atoms in total. The quantitative estimate of drug-likeness (QED) is 0.606. The number of nitrogens with one attached hydrogen (secondary N) is 2. The Morgan fingerprint density at radius 3 is 2.50 bits per heavy atom. The molecule has 2 N–H and O–H groups in total. The van der Waals surface area contributed by atoms with Gasteiger partial charge in [-0.05, 0) is 36.6 Å². The standard InChI is InChI=1S/C22H22N4O2/c1-14(2)18-9-4-5-10-19(18)26-21-12-20(23-13-24-21)22(28)25-17-8-6-7-16(11-17)15(3)27/h4-14H,1-3H3,(H,25,28)(H,23,24,26). The topological polar surface area (TPSA) is 84.0 Å². The Labute approximate surface area is 164 Å². The van der Waals surface area contributed by atoms with Crippen LogP contribution in [0.5, 0.6) is 0 Å². The number of amides is 1. The number of carbonyl (C=O) groups excluding carboxylic acids is 2. The van der Waals surface area contributed by atoms with Crippen molar-refractivity contribution >= 4 is 28.9 Å². The molecule has 1 amide bonds. The van der Waals surface area contributed by atoms with Crippen molar-refractivity contribution in [3.8, 4) is 0 Å². The molecule has 0 aliphatic heterocycles. The fourth-order valence-corrected chi connectivity index (χ4v) is 2.81. The van der Waals surface area contributed by atoms with Gasteiger partial charge in [0, 0.05) is 23.0 Å². The van der Waals surface area contributed by atoms with Gasteiger partial charge in [0.15, 0.2) is 5.78 Å². The number of hydrogen-bond donors (Lipinski definition) is 2. The third-order valence-electron chi connectivity index (χ3n) is 4.27. The van der Waals surface area contributed by atoms with Gasteiger partial charge >= 0.3 is 0 Å². The fraction of sp³-hybridized carbons (Fsp3) is 0.182. The highest BCUT2D eigenvalue weighted by Gasteiger charge is 2.12. The van der Waals surface area contributed by atoms with E-state index in [2.05, 4.69) is 40.5 Å². The zero-order valence-corrected chi connectivity index (χ0v) is 16.1. The van der Waals surface area contributed by atoms with Crippen LogP contribution in [0.2, 0.25) is 0 Å². The molecule has 142 valence electrons. The summed E-state index contributed by atoms with van der Waals surface area (Å²) in [5, 5.41) is 6.03. The maximum Gasteiger partial charge on any atom is 0.274 e. The average molecular weight is 374 g/mol. The van der Waals surface area contributed by atoms with Crippen LogP contribution in [-0.4, -0.2) is 21.7 Å². The van der Waals surface area contributed by atoms with Crippen LogP contribution in [-0.2, 0) is 0 Å². The van der Waals surface area contributed by atoms with Gasteiger partial charge in [-0.15, -0.1) is 0 Å². The minimum Gasteiger partial charge on any atom is -0.340 e. The van der Waals surface area contributed by atoms with Crippen molar-refractivity contribution in [2.45, 2.75) is 26.7 Å². The van der Waals surface area contributed by atoms with Crippen LogP contribution in [0.15, 0.2) is 60.9 Å². The van der Waals surface area contributed by atoms with Gasteiger partial charge in [0.2, 0.25) is 0 Å². The molecule has 0 saturated carbocycles. The predicted molar refractivity (Wildman–Crippen MR) is 110 cm³/mol. The van der Waals surface area contributed by atoms with E-state index in [1.54, 1.807) is 30.3 Å². The summed E-state index contributed by atoms with van der Waals surface area (Å²) in [5.74, 6) is 0.448. The molecule has 3 aromatic rings. The minimum absolute atomic E-state index is 0.0616. The number of rotatable bonds is 6. The SMILES string of the molecule is CC(=O)c1cccc(NC(=O)c2cc(Nc3ccccc3C(C)C)ncn2)c1. The number of ketones is 1. The van der Waals surface area contributed by atoms with Gasteiger partial charge in [-0.25, -0.2) is 9.97 Å². The lowest BCUT2D eigenvalue weighted by molar-refractivity contribution is 0.100. The number of nitrogens with zero attached hydrogens (tertiary/aromatic N) is 2. The second-order valence-electron chi connectivity index (χ2n) is 6.75. The summed E-state index contributed by atoms with van der Waals surface area (Å²) in [7, 11) is 0.